The second-order valence-electron chi connectivity index (χ2n) is 10.1. The van der Waals surface area contributed by atoms with E-state index in [1.165, 1.54) is 23.1 Å². The molecule has 3 amide bonds. The van der Waals surface area contributed by atoms with Crippen LogP contribution in [0, 0.1) is 11.6 Å². The molecule has 0 saturated carbocycles. The lowest BCUT2D eigenvalue weighted by Crippen LogP contribution is -2.47. The van der Waals surface area contributed by atoms with E-state index in [2.05, 4.69) is 10.6 Å². The number of aliphatic hydroxyl groups excluding tert-OH is 1. The van der Waals surface area contributed by atoms with E-state index in [1.807, 2.05) is 4.90 Å². The van der Waals surface area contributed by atoms with Gasteiger partial charge in [-0.2, -0.15) is 13.2 Å². The molecule has 0 aliphatic carbocycles. The van der Waals surface area contributed by atoms with Crippen LogP contribution in [0.2, 0.25) is 5.02 Å². The number of anilines is 2. The van der Waals surface area contributed by atoms with Gasteiger partial charge in [-0.25, -0.2) is 13.6 Å². The van der Waals surface area contributed by atoms with Gasteiger partial charge >= 0.3 is 12.2 Å². The summed E-state index contributed by atoms with van der Waals surface area (Å²) in [6, 6.07) is 6.44. The van der Waals surface area contributed by atoms with Crippen molar-refractivity contribution in [3.63, 3.8) is 0 Å². The lowest BCUT2D eigenvalue weighted by Gasteiger charge is -2.37. The highest BCUT2D eigenvalue weighted by Crippen LogP contribution is 2.31. The van der Waals surface area contributed by atoms with Crippen LogP contribution in [0.1, 0.15) is 35.2 Å². The molecule has 2 saturated heterocycles. The second kappa shape index (κ2) is 13.2. The van der Waals surface area contributed by atoms with E-state index >= 15 is 0 Å². The predicted octanol–water partition coefficient (Wildman–Crippen LogP) is 4.61. The maximum absolute atomic E-state index is 15.0. The maximum atomic E-state index is 15.0. The Morgan fingerprint density at radius 2 is 1.76 bits per heavy atom. The lowest BCUT2D eigenvalue weighted by atomic mass is 10.1. The number of carbonyl (C=O) groups excluding carboxylic acids is 2. The van der Waals surface area contributed by atoms with Gasteiger partial charge in [-0.3, -0.25) is 9.69 Å². The largest absolute Gasteiger partial charge is 0.391 e. The molecule has 4 rings (SSSR count). The van der Waals surface area contributed by atoms with Crippen LogP contribution in [0.4, 0.5) is 38.1 Å². The van der Waals surface area contributed by atoms with Crippen molar-refractivity contribution >= 4 is 34.9 Å². The van der Waals surface area contributed by atoms with Gasteiger partial charge in [-0.15, -0.1) is 0 Å². The molecule has 3 N–H and O–H groups in total. The van der Waals surface area contributed by atoms with Gasteiger partial charge in [0.05, 0.1) is 29.5 Å². The fraction of sp³-hybridized carbons (Fsp3) is 0.481. The predicted molar refractivity (Wildman–Crippen MR) is 144 cm³/mol. The summed E-state index contributed by atoms with van der Waals surface area (Å²) in [5, 5.41) is 15.2. The number of β-amino-alcohol motifs (C(OH)–C–C–N with tert-alkyl or cyclic N) is 1. The number of hydrogen-bond donors (Lipinski definition) is 3. The third kappa shape index (κ3) is 8.20. The van der Waals surface area contributed by atoms with E-state index in [0.717, 1.165) is 6.07 Å². The monoisotopic (exact) mass is 603 g/mol. The van der Waals surface area contributed by atoms with Gasteiger partial charge in [0.15, 0.2) is 11.6 Å². The van der Waals surface area contributed by atoms with E-state index in [4.69, 9.17) is 11.6 Å². The number of alkyl halides is 3. The topological polar surface area (TPSA) is 88.2 Å². The molecular formula is C27H31ClF5N5O3. The van der Waals surface area contributed by atoms with E-state index < -0.39 is 47.8 Å². The van der Waals surface area contributed by atoms with Crippen LogP contribution < -0.4 is 15.5 Å². The van der Waals surface area contributed by atoms with Crippen LogP contribution in [-0.4, -0.2) is 84.9 Å². The third-order valence-corrected chi connectivity index (χ3v) is 7.39. The Kier molecular flexibility index (Phi) is 9.92. The Morgan fingerprint density at radius 3 is 2.44 bits per heavy atom. The number of aliphatic hydroxyl groups is 1. The number of carbonyl (C=O) groups is 2. The molecule has 2 heterocycles. The number of hydrogen-bond acceptors (Lipinski definition) is 5. The molecule has 2 aliphatic rings. The minimum Gasteiger partial charge on any atom is -0.391 e. The number of benzene rings is 2. The van der Waals surface area contributed by atoms with Crippen molar-refractivity contribution in [2.24, 2.45) is 0 Å². The number of nitrogens with one attached hydrogen (secondary N) is 2. The molecule has 41 heavy (non-hydrogen) atoms. The zero-order chi connectivity index (χ0) is 29.7. The van der Waals surface area contributed by atoms with Gasteiger partial charge in [-0.1, -0.05) is 17.7 Å². The van der Waals surface area contributed by atoms with Crippen LogP contribution in [0.5, 0.6) is 0 Å². The first-order chi connectivity index (χ1) is 19.4. The summed E-state index contributed by atoms with van der Waals surface area (Å²) in [5.41, 5.74) is 0.0857. The van der Waals surface area contributed by atoms with Gasteiger partial charge in [-0.05, 0) is 37.1 Å². The van der Waals surface area contributed by atoms with Crippen molar-refractivity contribution < 1.29 is 36.6 Å². The van der Waals surface area contributed by atoms with Crippen molar-refractivity contribution in [2.75, 3.05) is 56.0 Å². The van der Waals surface area contributed by atoms with E-state index in [9.17, 15) is 36.6 Å². The Labute approximate surface area is 239 Å². The number of amides is 3. The van der Waals surface area contributed by atoms with Crippen LogP contribution in [-0.2, 0) is 6.54 Å². The zero-order valence-electron chi connectivity index (χ0n) is 22.1. The molecule has 2 aliphatic heterocycles. The average Bonchev–Trinajstić information content (AvgIpc) is 2.93. The smallest absolute Gasteiger partial charge is 0.390 e. The van der Waals surface area contributed by atoms with Gasteiger partial charge in [0.1, 0.15) is 0 Å². The van der Waals surface area contributed by atoms with Crippen LogP contribution >= 0.6 is 11.6 Å². The third-order valence-electron chi connectivity index (χ3n) is 7.15. The highest BCUT2D eigenvalue weighted by molar-refractivity contribution is 6.31. The average molecular weight is 604 g/mol. The standard InChI is InChI=1S/C27H31ClF5N5O3/c28-18-4-6-21(22(14-18)37-12-10-36(11-13-37)9-7-27(31,32)33)35-25(40)20-5-3-17(23(29)24(20)30)15-34-26(41)38-8-1-2-19(39)16-38/h3-6,14,19,39H,1-2,7-13,15-16H2,(H,34,41)(H,35,40). The fourth-order valence-corrected chi connectivity index (χ4v) is 5.05. The van der Waals surface area contributed by atoms with Gasteiger partial charge in [0, 0.05) is 62.9 Å². The summed E-state index contributed by atoms with van der Waals surface area (Å²) in [5.74, 6) is -3.56. The summed E-state index contributed by atoms with van der Waals surface area (Å²) >= 11 is 6.16. The summed E-state index contributed by atoms with van der Waals surface area (Å²) in [6.45, 7) is 1.66. The van der Waals surface area contributed by atoms with Crippen molar-refractivity contribution in [2.45, 2.75) is 38.1 Å². The molecule has 2 aromatic rings. The molecule has 0 radical (unpaired) electrons. The summed E-state index contributed by atoms with van der Waals surface area (Å²) < 4.78 is 67.5. The first-order valence-electron chi connectivity index (χ1n) is 13.2. The molecule has 2 aromatic carbocycles. The maximum Gasteiger partial charge on any atom is 0.390 e. The Hall–Kier alpha value is -3.16. The highest BCUT2D eigenvalue weighted by Gasteiger charge is 2.29. The molecule has 1 unspecified atom stereocenters. The van der Waals surface area contributed by atoms with Crippen molar-refractivity contribution in [1.29, 1.82) is 0 Å². The quantitative estimate of drug-likeness (QED) is 0.403. The number of likely N-dealkylation sites (tertiary alicyclic amines) is 1. The van der Waals surface area contributed by atoms with Crippen molar-refractivity contribution in [3.05, 3.63) is 58.1 Å². The van der Waals surface area contributed by atoms with Crippen LogP contribution in [0.25, 0.3) is 0 Å². The molecule has 14 heteroatoms. The molecule has 2 fully saturated rings. The Morgan fingerprint density at radius 1 is 1.02 bits per heavy atom. The number of nitrogens with zero attached hydrogens (tertiary/aromatic N) is 3. The number of halogens is 6. The molecule has 224 valence electrons. The fourth-order valence-electron chi connectivity index (χ4n) is 4.88. The normalized spacial score (nSPS) is 18.4. The van der Waals surface area contributed by atoms with Crippen molar-refractivity contribution in [1.82, 2.24) is 15.1 Å². The van der Waals surface area contributed by atoms with Gasteiger partial charge < -0.3 is 25.5 Å². The number of piperazine rings is 1. The van der Waals surface area contributed by atoms with Crippen molar-refractivity contribution in [3.8, 4) is 0 Å². The Balaban J connectivity index is 1.40. The summed E-state index contributed by atoms with van der Waals surface area (Å²) in [7, 11) is 0. The molecule has 0 aromatic heterocycles. The zero-order valence-corrected chi connectivity index (χ0v) is 22.9. The first kappa shape index (κ1) is 30.8. The number of piperidine rings is 1. The second-order valence-corrected chi connectivity index (χ2v) is 10.5. The van der Waals surface area contributed by atoms with E-state index in [0.29, 0.717) is 56.3 Å². The first-order valence-corrected chi connectivity index (χ1v) is 13.6. The Bertz CT molecular complexity index is 1260. The summed E-state index contributed by atoms with van der Waals surface area (Å²) in [4.78, 5) is 30.3. The molecule has 8 nitrogen and oxygen atoms in total. The summed E-state index contributed by atoms with van der Waals surface area (Å²) in [6.07, 6.45) is -4.54. The molecular weight excluding hydrogens is 573 g/mol. The lowest BCUT2D eigenvalue weighted by molar-refractivity contribution is -0.138. The SMILES string of the molecule is O=C(Nc1ccc(Cl)cc1N1CCN(CCC(F)(F)F)CC1)c1ccc(CNC(=O)N2CCCC(O)C2)c(F)c1F. The van der Waals surface area contributed by atoms with E-state index in [1.54, 1.807) is 11.0 Å². The highest BCUT2D eigenvalue weighted by atomic mass is 35.5. The van der Waals surface area contributed by atoms with Gasteiger partial charge in [0.25, 0.3) is 5.91 Å². The minimum absolute atomic E-state index is 0.109. The van der Waals surface area contributed by atoms with E-state index in [-0.39, 0.29) is 30.9 Å². The van der Waals surface area contributed by atoms with Crippen LogP contribution in [0.3, 0.4) is 0 Å². The molecule has 1 atom stereocenters. The minimum atomic E-state index is -4.24. The molecule has 0 bridgehead atoms. The van der Waals surface area contributed by atoms with Gasteiger partial charge in [0.2, 0.25) is 0 Å². The molecule has 0 spiro atoms. The number of urea groups is 1. The number of rotatable bonds is 7. The van der Waals surface area contributed by atoms with Crippen LogP contribution in [0.15, 0.2) is 30.3 Å².